The minimum atomic E-state index is 0. The lowest BCUT2D eigenvalue weighted by Gasteiger charge is -2.14. The summed E-state index contributed by atoms with van der Waals surface area (Å²) in [6.45, 7) is 5.98. The quantitative estimate of drug-likeness (QED) is 0.378. The molecule has 0 saturated carbocycles. The second kappa shape index (κ2) is 10.9. The van der Waals surface area contributed by atoms with Crippen molar-refractivity contribution in [1.29, 1.82) is 0 Å². The molecule has 0 radical (unpaired) electrons. The zero-order valence-electron chi connectivity index (χ0n) is 15.2. The van der Waals surface area contributed by atoms with Crippen LogP contribution in [-0.4, -0.2) is 30.8 Å². The number of methoxy groups -OCH3 is 1. The molecule has 1 aromatic carbocycles. The molecular formula is C18H27IN4O2. The monoisotopic (exact) mass is 458 g/mol. The van der Waals surface area contributed by atoms with Crippen LogP contribution in [0.25, 0.3) is 0 Å². The van der Waals surface area contributed by atoms with Crippen LogP contribution in [0, 0.1) is 0 Å². The lowest BCUT2D eigenvalue weighted by atomic mass is 10.2. The lowest BCUT2D eigenvalue weighted by Crippen LogP contribution is -2.30. The third kappa shape index (κ3) is 6.49. The van der Waals surface area contributed by atoms with Crippen molar-refractivity contribution in [2.24, 2.45) is 12.0 Å². The van der Waals surface area contributed by atoms with E-state index in [1.807, 2.05) is 49.9 Å². The van der Waals surface area contributed by atoms with Crippen molar-refractivity contribution in [2.75, 3.05) is 25.6 Å². The Morgan fingerprint density at radius 2 is 2.00 bits per heavy atom. The van der Waals surface area contributed by atoms with Crippen molar-refractivity contribution in [3.8, 4) is 11.5 Å². The molecule has 0 saturated heterocycles. The highest BCUT2D eigenvalue weighted by atomic mass is 127. The summed E-state index contributed by atoms with van der Waals surface area (Å²) in [6.07, 6.45) is 4.08. The van der Waals surface area contributed by atoms with Crippen LogP contribution in [0.1, 0.15) is 19.4 Å². The van der Waals surface area contributed by atoms with Gasteiger partial charge in [-0.1, -0.05) is 0 Å². The molecule has 0 atom stereocenters. The molecule has 2 aromatic rings. The van der Waals surface area contributed by atoms with Gasteiger partial charge in [-0.3, -0.25) is 0 Å². The third-order valence-corrected chi connectivity index (χ3v) is 3.38. The van der Waals surface area contributed by atoms with E-state index in [1.54, 1.807) is 7.11 Å². The molecule has 0 unspecified atom stereocenters. The Labute approximate surface area is 166 Å². The number of hydrogen-bond acceptors (Lipinski definition) is 3. The zero-order chi connectivity index (χ0) is 17.4. The maximum absolute atomic E-state index is 5.61. The fourth-order valence-electron chi connectivity index (χ4n) is 2.29. The Balaban J connectivity index is 0.00000312. The number of aliphatic imine (C=N–C) groups is 1. The smallest absolute Gasteiger partial charge is 0.196 e. The predicted octanol–water partition coefficient (Wildman–Crippen LogP) is 3.63. The van der Waals surface area contributed by atoms with Gasteiger partial charge in [0, 0.05) is 37.7 Å². The average molecular weight is 458 g/mol. The number of ether oxygens (including phenoxy) is 2. The van der Waals surface area contributed by atoms with Crippen LogP contribution >= 0.6 is 24.0 Å². The molecule has 0 aliphatic rings. The molecule has 0 fully saturated rings. The fourth-order valence-corrected chi connectivity index (χ4v) is 2.29. The van der Waals surface area contributed by atoms with Gasteiger partial charge in [0.25, 0.3) is 0 Å². The Kier molecular flexibility index (Phi) is 9.18. The van der Waals surface area contributed by atoms with Gasteiger partial charge in [-0.25, -0.2) is 4.99 Å². The summed E-state index contributed by atoms with van der Waals surface area (Å²) in [5, 5.41) is 6.55. The maximum atomic E-state index is 5.61. The Bertz CT molecular complexity index is 685. The SMILES string of the molecule is CCNC(=NCc1ccn(C)c1)Nc1ccc(OC)c(OCC)c1.I. The van der Waals surface area contributed by atoms with Gasteiger partial charge in [-0.15, -0.1) is 24.0 Å². The molecule has 1 aromatic heterocycles. The molecule has 2 rings (SSSR count). The number of rotatable bonds is 7. The summed E-state index contributed by atoms with van der Waals surface area (Å²) >= 11 is 0. The normalized spacial score (nSPS) is 10.8. The van der Waals surface area contributed by atoms with Gasteiger partial charge in [0.2, 0.25) is 0 Å². The average Bonchev–Trinajstić information content (AvgIpc) is 2.99. The van der Waals surface area contributed by atoms with Gasteiger partial charge < -0.3 is 24.7 Å². The predicted molar refractivity (Wildman–Crippen MR) is 113 cm³/mol. The van der Waals surface area contributed by atoms with Gasteiger partial charge in [0.05, 0.1) is 20.3 Å². The molecule has 2 N–H and O–H groups in total. The van der Waals surface area contributed by atoms with Crippen LogP contribution in [0.15, 0.2) is 41.7 Å². The number of aromatic nitrogens is 1. The standard InChI is InChI=1S/C18H26N4O2.HI/c1-5-19-18(20-12-14-9-10-22(3)13-14)21-15-7-8-16(23-4)17(11-15)24-6-2;/h7-11,13H,5-6,12H2,1-4H3,(H2,19,20,21);1H. The van der Waals surface area contributed by atoms with E-state index in [4.69, 9.17) is 9.47 Å². The first kappa shape index (κ1) is 21.1. The van der Waals surface area contributed by atoms with Crippen LogP contribution in [0.2, 0.25) is 0 Å². The second-order valence-corrected chi connectivity index (χ2v) is 5.30. The minimum Gasteiger partial charge on any atom is -0.493 e. The van der Waals surface area contributed by atoms with Crippen LogP contribution in [0.5, 0.6) is 11.5 Å². The Hall–Kier alpha value is -1.90. The molecule has 0 amide bonds. The van der Waals surface area contributed by atoms with Crippen molar-refractivity contribution in [3.63, 3.8) is 0 Å². The van der Waals surface area contributed by atoms with Crippen molar-refractivity contribution >= 4 is 35.6 Å². The summed E-state index contributed by atoms with van der Waals surface area (Å²) in [5.41, 5.74) is 2.06. The van der Waals surface area contributed by atoms with Crippen molar-refractivity contribution in [3.05, 3.63) is 42.2 Å². The van der Waals surface area contributed by atoms with E-state index >= 15 is 0 Å². The maximum Gasteiger partial charge on any atom is 0.196 e. The highest BCUT2D eigenvalue weighted by Gasteiger charge is 2.07. The van der Waals surface area contributed by atoms with E-state index in [9.17, 15) is 0 Å². The Morgan fingerprint density at radius 1 is 1.20 bits per heavy atom. The van der Waals surface area contributed by atoms with Gasteiger partial charge in [-0.2, -0.15) is 0 Å². The van der Waals surface area contributed by atoms with E-state index in [0.29, 0.717) is 24.7 Å². The van der Waals surface area contributed by atoms with E-state index < -0.39 is 0 Å². The van der Waals surface area contributed by atoms with E-state index in [-0.39, 0.29) is 24.0 Å². The summed E-state index contributed by atoms with van der Waals surface area (Å²) < 4.78 is 12.9. The first-order valence-corrected chi connectivity index (χ1v) is 8.13. The van der Waals surface area contributed by atoms with E-state index in [2.05, 4.69) is 27.9 Å². The number of halogens is 1. The lowest BCUT2D eigenvalue weighted by molar-refractivity contribution is 0.311. The highest BCUT2D eigenvalue weighted by Crippen LogP contribution is 2.30. The van der Waals surface area contributed by atoms with Gasteiger partial charge >= 0.3 is 0 Å². The van der Waals surface area contributed by atoms with E-state index in [1.165, 1.54) is 5.56 Å². The molecule has 0 aliphatic carbocycles. The number of hydrogen-bond donors (Lipinski definition) is 2. The number of aryl methyl sites for hydroxylation is 1. The molecule has 0 bridgehead atoms. The van der Waals surface area contributed by atoms with Crippen LogP contribution < -0.4 is 20.1 Å². The third-order valence-electron chi connectivity index (χ3n) is 3.38. The van der Waals surface area contributed by atoms with Crippen molar-refractivity contribution in [2.45, 2.75) is 20.4 Å². The number of anilines is 1. The minimum absolute atomic E-state index is 0. The number of nitrogens with zero attached hydrogens (tertiary/aromatic N) is 2. The summed E-state index contributed by atoms with van der Waals surface area (Å²) in [4.78, 5) is 4.62. The number of benzene rings is 1. The molecule has 25 heavy (non-hydrogen) atoms. The Morgan fingerprint density at radius 3 is 2.60 bits per heavy atom. The summed E-state index contributed by atoms with van der Waals surface area (Å²) in [6, 6.07) is 7.80. The highest BCUT2D eigenvalue weighted by molar-refractivity contribution is 14.0. The molecule has 1 heterocycles. The molecule has 0 aliphatic heterocycles. The first-order valence-electron chi connectivity index (χ1n) is 8.13. The van der Waals surface area contributed by atoms with Crippen molar-refractivity contribution < 1.29 is 9.47 Å². The van der Waals surface area contributed by atoms with Crippen LogP contribution in [-0.2, 0) is 13.6 Å². The van der Waals surface area contributed by atoms with Gasteiger partial charge in [0.15, 0.2) is 17.5 Å². The fraction of sp³-hybridized carbons (Fsp3) is 0.389. The largest absolute Gasteiger partial charge is 0.493 e. The second-order valence-electron chi connectivity index (χ2n) is 5.30. The summed E-state index contributed by atoms with van der Waals surface area (Å²) in [7, 11) is 3.64. The zero-order valence-corrected chi connectivity index (χ0v) is 17.5. The van der Waals surface area contributed by atoms with E-state index in [0.717, 1.165) is 18.2 Å². The van der Waals surface area contributed by atoms with Gasteiger partial charge in [0.1, 0.15) is 0 Å². The number of guanidine groups is 1. The molecule has 7 heteroatoms. The van der Waals surface area contributed by atoms with Crippen LogP contribution in [0.3, 0.4) is 0 Å². The molecule has 0 spiro atoms. The number of nitrogens with one attached hydrogen (secondary N) is 2. The molecular weight excluding hydrogens is 431 g/mol. The first-order chi connectivity index (χ1) is 11.7. The van der Waals surface area contributed by atoms with Gasteiger partial charge in [-0.05, 0) is 37.6 Å². The topological polar surface area (TPSA) is 59.8 Å². The summed E-state index contributed by atoms with van der Waals surface area (Å²) in [5.74, 6) is 2.16. The van der Waals surface area contributed by atoms with Crippen molar-refractivity contribution in [1.82, 2.24) is 9.88 Å². The molecule has 138 valence electrons. The van der Waals surface area contributed by atoms with Crippen LogP contribution in [0.4, 0.5) is 5.69 Å². The molecule has 6 nitrogen and oxygen atoms in total.